The molecular weight excluding hydrogens is 465 g/mol. The third-order valence-corrected chi connectivity index (χ3v) is 4.62. The van der Waals surface area contributed by atoms with Crippen molar-refractivity contribution in [3.05, 3.63) is 63.8 Å². The van der Waals surface area contributed by atoms with Crippen LogP contribution in [0.2, 0.25) is 0 Å². The van der Waals surface area contributed by atoms with Gasteiger partial charge in [0.2, 0.25) is 5.76 Å². The van der Waals surface area contributed by atoms with Crippen LogP contribution in [0.4, 0.5) is 13.2 Å². The Hall–Kier alpha value is -2.48. The van der Waals surface area contributed by atoms with E-state index in [9.17, 15) is 18.0 Å². The van der Waals surface area contributed by atoms with E-state index in [0.29, 0.717) is 26.7 Å². The molecule has 0 atom stereocenters. The largest absolute Gasteiger partial charge is 0.489 e. The van der Waals surface area contributed by atoms with Crippen LogP contribution in [0.1, 0.15) is 37.7 Å². The number of fused-ring (bicyclic) bond motifs is 1. The molecule has 30 heavy (non-hydrogen) atoms. The van der Waals surface area contributed by atoms with Gasteiger partial charge in [0.05, 0.1) is 10.9 Å². The van der Waals surface area contributed by atoms with Crippen molar-refractivity contribution in [2.24, 2.45) is 0 Å². The standard InChI is InChI=1S/C22H20BrF3O4/c1-21(2,3)30-19(27)11-14-6-4-5-7-17(14)28-12-13-8-15-10-18(22(24,25)26)29-20(15)16(23)9-13/h4-10H,11-12H2,1-3H3. The highest BCUT2D eigenvalue weighted by Gasteiger charge is 2.35. The summed E-state index contributed by atoms with van der Waals surface area (Å²) in [6.07, 6.45) is -4.51. The topological polar surface area (TPSA) is 48.7 Å². The fraction of sp³-hybridized carbons (Fsp3) is 0.318. The van der Waals surface area contributed by atoms with Gasteiger partial charge in [-0.25, -0.2) is 0 Å². The number of benzene rings is 2. The molecule has 0 radical (unpaired) electrons. The van der Waals surface area contributed by atoms with Crippen molar-refractivity contribution in [1.82, 2.24) is 0 Å². The summed E-state index contributed by atoms with van der Waals surface area (Å²) in [6.45, 7) is 5.48. The van der Waals surface area contributed by atoms with Gasteiger partial charge in [-0.15, -0.1) is 0 Å². The zero-order valence-corrected chi connectivity index (χ0v) is 18.2. The normalized spacial score (nSPS) is 12.2. The quantitative estimate of drug-likeness (QED) is 0.379. The minimum atomic E-state index is -4.56. The zero-order valence-electron chi connectivity index (χ0n) is 16.6. The van der Waals surface area contributed by atoms with Crippen LogP contribution in [0, 0.1) is 0 Å². The summed E-state index contributed by atoms with van der Waals surface area (Å²) in [5.74, 6) is -0.928. The molecule has 0 amide bonds. The summed E-state index contributed by atoms with van der Waals surface area (Å²) in [5.41, 5.74) is 0.843. The van der Waals surface area contributed by atoms with Crippen molar-refractivity contribution in [2.45, 2.75) is 45.6 Å². The highest BCUT2D eigenvalue weighted by atomic mass is 79.9. The zero-order chi connectivity index (χ0) is 22.1. The lowest BCUT2D eigenvalue weighted by atomic mass is 10.1. The van der Waals surface area contributed by atoms with Gasteiger partial charge in [-0.3, -0.25) is 4.79 Å². The molecule has 1 heterocycles. The van der Waals surface area contributed by atoms with Crippen LogP contribution in [0.3, 0.4) is 0 Å². The van der Waals surface area contributed by atoms with Crippen molar-refractivity contribution in [1.29, 1.82) is 0 Å². The Morgan fingerprint density at radius 3 is 2.47 bits per heavy atom. The number of alkyl halides is 3. The number of carbonyl (C=O) groups is 1. The van der Waals surface area contributed by atoms with E-state index in [4.69, 9.17) is 13.9 Å². The van der Waals surface area contributed by atoms with Crippen LogP contribution >= 0.6 is 15.9 Å². The Labute approximate surface area is 180 Å². The first-order chi connectivity index (χ1) is 13.9. The summed E-state index contributed by atoms with van der Waals surface area (Å²) in [5, 5.41) is 0.317. The molecule has 0 aliphatic carbocycles. The molecule has 0 unspecified atom stereocenters. The van der Waals surface area contributed by atoms with E-state index in [1.54, 1.807) is 57.2 Å². The van der Waals surface area contributed by atoms with Crippen LogP contribution in [-0.2, 0) is 28.7 Å². The number of ether oxygens (including phenoxy) is 2. The van der Waals surface area contributed by atoms with Gasteiger partial charge in [0.1, 0.15) is 23.5 Å². The van der Waals surface area contributed by atoms with Crippen molar-refractivity contribution in [3.8, 4) is 5.75 Å². The number of halogens is 4. The molecule has 0 fully saturated rings. The molecule has 0 saturated carbocycles. The van der Waals surface area contributed by atoms with Crippen LogP contribution < -0.4 is 4.74 Å². The van der Waals surface area contributed by atoms with Crippen molar-refractivity contribution >= 4 is 32.9 Å². The lowest BCUT2D eigenvalue weighted by molar-refractivity contribution is -0.154. The summed E-state index contributed by atoms with van der Waals surface area (Å²) >= 11 is 3.25. The second kappa shape index (κ2) is 8.34. The average Bonchev–Trinajstić information content (AvgIpc) is 3.04. The van der Waals surface area contributed by atoms with E-state index < -0.39 is 17.5 Å². The molecule has 160 valence electrons. The number of para-hydroxylation sites is 1. The number of rotatable bonds is 5. The van der Waals surface area contributed by atoms with E-state index in [1.807, 2.05) is 0 Å². The monoisotopic (exact) mass is 484 g/mol. The van der Waals surface area contributed by atoms with Gasteiger partial charge in [0, 0.05) is 10.9 Å². The van der Waals surface area contributed by atoms with Gasteiger partial charge < -0.3 is 13.9 Å². The van der Waals surface area contributed by atoms with Crippen molar-refractivity contribution < 1.29 is 31.9 Å². The van der Waals surface area contributed by atoms with Gasteiger partial charge >= 0.3 is 12.1 Å². The first-order valence-corrected chi connectivity index (χ1v) is 9.93. The van der Waals surface area contributed by atoms with Crippen LogP contribution in [0.25, 0.3) is 11.0 Å². The number of hydrogen-bond acceptors (Lipinski definition) is 4. The minimum Gasteiger partial charge on any atom is -0.489 e. The van der Waals surface area contributed by atoms with E-state index in [-0.39, 0.29) is 24.6 Å². The fourth-order valence-electron chi connectivity index (χ4n) is 2.88. The first-order valence-electron chi connectivity index (χ1n) is 9.14. The smallest absolute Gasteiger partial charge is 0.449 e. The summed E-state index contributed by atoms with van der Waals surface area (Å²) < 4.78 is 55.2. The third kappa shape index (κ3) is 5.56. The number of carbonyl (C=O) groups excluding carboxylic acids is 1. The minimum absolute atomic E-state index is 0.0485. The predicted molar refractivity (Wildman–Crippen MR) is 109 cm³/mol. The SMILES string of the molecule is CC(C)(C)OC(=O)Cc1ccccc1OCc1cc(Br)c2oc(C(F)(F)F)cc2c1. The third-order valence-electron chi connectivity index (χ3n) is 4.03. The second-order valence-electron chi connectivity index (χ2n) is 7.76. The number of furan rings is 1. The Bertz CT molecular complexity index is 1060. The molecule has 3 aromatic rings. The molecule has 0 saturated heterocycles. The maximum atomic E-state index is 12.9. The van der Waals surface area contributed by atoms with E-state index in [0.717, 1.165) is 6.07 Å². The molecule has 2 aromatic carbocycles. The molecule has 4 nitrogen and oxygen atoms in total. The Kier molecular flexibility index (Phi) is 6.17. The molecule has 0 bridgehead atoms. The molecule has 0 aliphatic heterocycles. The molecular formula is C22H20BrF3O4. The predicted octanol–water partition coefficient (Wildman–Crippen LogP) is 6.68. The van der Waals surface area contributed by atoms with Gasteiger partial charge in [-0.2, -0.15) is 13.2 Å². The molecule has 0 aliphatic rings. The fourth-order valence-corrected chi connectivity index (χ4v) is 3.48. The lowest BCUT2D eigenvalue weighted by Crippen LogP contribution is -2.25. The lowest BCUT2D eigenvalue weighted by Gasteiger charge is -2.20. The molecule has 1 aromatic heterocycles. The van der Waals surface area contributed by atoms with Crippen LogP contribution in [-0.4, -0.2) is 11.6 Å². The first kappa shape index (κ1) is 22.2. The van der Waals surface area contributed by atoms with E-state index in [2.05, 4.69) is 15.9 Å². The Balaban J connectivity index is 1.77. The second-order valence-corrected chi connectivity index (χ2v) is 8.62. The summed E-state index contributed by atoms with van der Waals surface area (Å²) in [4.78, 5) is 12.1. The summed E-state index contributed by atoms with van der Waals surface area (Å²) in [7, 11) is 0. The Morgan fingerprint density at radius 2 is 1.80 bits per heavy atom. The van der Waals surface area contributed by atoms with Crippen molar-refractivity contribution in [3.63, 3.8) is 0 Å². The highest BCUT2D eigenvalue weighted by molar-refractivity contribution is 9.10. The molecule has 8 heteroatoms. The number of esters is 1. The maximum absolute atomic E-state index is 12.9. The average molecular weight is 485 g/mol. The van der Waals surface area contributed by atoms with Gasteiger partial charge in [-0.1, -0.05) is 18.2 Å². The molecule has 0 spiro atoms. The van der Waals surface area contributed by atoms with Crippen molar-refractivity contribution in [2.75, 3.05) is 0 Å². The van der Waals surface area contributed by atoms with E-state index in [1.165, 1.54) is 0 Å². The molecule has 3 rings (SSSR count). The van der Waals surface area contributed by atoms with Crippen LogP contribution in [0.5, 0.6) is 5.75 Å². The van der Waals surface area contributed by atoms with Crippen LogP contribution in [0.15, 0.2) is 51.4 Å². The van der Waals surface area contributed by atoms with Gasteiger partial charge in [0.25, 0.3) is 0 Å². The maximum Gasteiger partial charge on any atom is 0.449 e. The molecule has 0 N–H and O–H groups in total. The summed E-state index contributed by atoms with van der Waals surface area (Å²) in [6, 6.07) is 11.2. The Morgan fingerprint density at radius 1 is 1.10 bits per heavy atom. The number of hydrogen-bond donors (Lipinski definition) is 0. The van der Waals surface area contributed by atoms with E-state index >= 15 is 0 Å². The van der Waals surface area contributed by atoms with Gasteiger partial charge in [-0.05, 0) is 66.5 Å². The van der Waals surface area contributed by atoms with Gasteiger partial charge in [0.15, 0.2) is 0 Å². The highest BCUT2D eigenvalue weighted by Crippen LogP contribution is 2.37.